The fraction of sp³-hybridized carbons (Fsp3) is 0.259. The van der Waals surface area contributed by atoms with Crippen LogP contribution in [0.5, 0.6) is 0 Å². The van der Waals surface area contributed by atoms with Gasteiger partial charge in [0.1, 0.15) is 0 Å². The average Bonchev–Trinajstić information content (AvgIpc) is 2.82. The maximum Gasteiger partial charge on any atom is 0.303 e. The molecule has 3 aromatic rings. The van der Waals surface area contributed by atoms with E-state index in [9.17, 15) is 18.0 Å². The minimum atomic E-state index is -3.62. The quantitative estimate of drug-likeness (QED) is 0.483. The summed E-state index contributed by atoms with van der Waals surface area (Å²) in [6.45, 7) is 6.36. The second-order valence-corrected chi connectivity index (χ2v) is 11.7. The molecule has 0 aliphatic heterocycles. The molecule has 0 fully saturated rings. The van der Waals surface area contributed by atoms with E-state index in [-0.39, 0.29) is 17.1 Å². The van der Waals surface area contributed by atoms with Gasteiger partial charge in [-0.1, -0.05) is 57.2 Å². The molecule has 1 amide bonds. The molecule has 0 heterocycles. The molecule has 7 nitrogen and oxygen atoms in total. The monoisotopic (exact) mass is 493 g/mol. The minimum absolute atomic E-state index is 0.00000133. The zero-order valence-electron chi connectivity index (χ0n) is 20.9. The van der Waals surface area contributed by atoms with Crippen LogP contribution >= 0.6 is 0 Å². The van der Waals surface area contributed by atoms with E-state index >= 15 is 0 Å². The van der Waals surface area contributed by atoms with E-state index in [0.717, 1.165) is 14.2 Å². The van der Waals surface area contributed by atoms with Gasteiger partial charge in [0, 0.05) is 43.5 Å². The molecule has 184 valence electrons. The molecular formula is C27H31N3O4S. The Morgan fingerprint density at radius 3 is 1.89 bits per heavy atom. The van der Waals surface area contributed by atoms with Gasteiger partial charge >= 0.3 is 10.2 Å². The number of hydrogen-bond donors (Lipinski definition) is 1. The van der Waals surface area contributed by atoms with Crippen LogP contribution in [0, 0.1) is 0 Å². The lowest BCUT2D eigenvalue weighted by Gasteiger charge is -2.23. The molecule has 0 unspecified atom stereocenters. The number of nitrogens with zero attached hydrogens (tertiary/aromatic N) is 2. The summed E-state index contributed by atoms with van der Waals surface area (Å²) < 4.78 is 26.8. The Morgan fingerprint density at radius 1 is 0.771 bits per heavy atom. The van der Waals surface area contributed by atoms with E-state index in [2.05, 4.69) is 26.1 Å². The molecule has 0 aliphatic carbocycles. The topological polar surface area (TPSA) is 86.8 Å². The van der Waals surface area contributed by atoms with Crippen molar-refractivity contribution in [2.45, 2.75) is 26.2 Å². The highest BCUT2D eigenvalue weighted by atomic mass is 32.2. The largest absolute Gasteiger partial charge is 0.322 e. The molecule has 0 radical (unpaired) electrons. The van der Waals surface area contributed by atoms with Crippen LogP contribution < -0.4 is 9.62 Å². The predicted octanol–water partition coefficient (Wildman–Crippen LogP) is 4.71. The Hall–Kier alpha value is -3.49. The summed E-state index contributed by atoms with van der Waals surface area (Å²) in [7, 11) is 0.728. The lowest BCUT2D eigenvalue weighted by atomic mass is 9.86. The van der Waals surface area contributed by atoms with Crippen molar-refractivity contribution < 1.29 is 18.0 Å². The van der Waals surface area contributed by atoms with Gasteiger partial charge in [-0.15, -0.1) is 0 Å². The van der Waals surface area contributed by atoms with E-state index in [0.29, 0.717) is 28.1 Å². The third-order valence-electron chi connectivity index (χ3n) is 5.70. The van der Waals surface area contributed by atoms with Crippen molar-refractivity contribution in [3.8, 4) is 0 Å². The van der Waals surface area contributed by atoms with E-state index in [1.54, 1.807) is 48.5 Å². The Kier molecular flexibility index (Phi) is 7.47. The number of ketones is 1. The number of carbonyl (C=O) groups is 2. The number of nitrogens with one attached hydrogen (secondary N) is 1. The van der Waals surface area contributed by atoms with Gasteiger partial charge in [0.25, 0.3) is 5.91 Å². The van der Waals surface area contributed by atoms with Crippen molar-refractivity contribution in [1.82, 2.24) is 4.31 Å². The predicted molar refractivity (Wildman–Crippen MR) is 140 cm³/mol. The molecule has 8 heteroatoms. The van der Waals surface area contributed by atoms with Crippen molar-refractivity contribution in [3.63, 3.8) is 0 Å². The lowest BCUT2D eigenvalue weighted by molar-refractivity contribution is 0.102. The first-order chi connectivity index (χ1) is 16.3. The summed E-state index contributed by atoms with van der Waals surface area (Å²) in [5, 5.41) is 2.80. The normalized spacial score (nSPS) is 11.9. The highest BCUT2D eigenvalue weighted by Crippen LogP contribution is 2.24. The van der Waals surface area contributed by atoms with Gasteiger partial charge in [0.15, 0.2) is 5.78 Å². The fourth-order valence-electron chi connectivity index (χ4n) is 3.43. The molecular weight excluding hydrogens is 462 g/mol. The van der Waals surface area contributed by atoms with E-state index in [1.165, 1.54) is 21.1 Å². The maximum atomic E-state index is 13.0. The Labute approximate surface area is 207 Å². The van der Waals surface area contributed by atoms with Crippen molar-refractivity contribution in [1.29, 1.82) is 0 Å². The van der Waals surface area contributed by atoms with Gasteiger partial charge in [0.05, 0.1) is 5.69 Å². The highest BCUT2D eigenvalue weighted by Gasteiger charge is 2.21. The van der Waals surface area contributed by atoms with Crippen LogP contribution in [0.3, 0.4) is 0 Å². The average molecular weight is 494 g/mol. The summed E-state index contributed by atoms with van der Waals surface area (Å²) in [5.41, 5.74) is 3.47. The molecule has 0 saturated carbocycles. The zero-order chi connectivity index (χ0) is 26.0. The van der Waals surface area contributed by atoms with Crippen molar-refractivity contribution >= 4 is 33.3 Å². The molecule has 0 saturated heterocycles. The van der Waals surface area contributed by atoms with Crippen molar-refractivity contribution in [2.75, 3.05) is 30.8 Å². The second kappa shape index (κ2) is 10.0. The molecule has 0 aliphatic rings. The van der Waals surface area contributed by atoms with Gasteiger partial charge < -0.3 is 5.32 Å². The Bertz CT molecular complexity index is 1320. The zero-order valence-corrected chi connectivity index (χ0v) is 21.7. The number of amides is 1. The van der Waals surface area contributed by atoms with Crippen LogP contribution in [0.25, 0.3) is 0 Å². The SMILES string of the molecule is CN(C)S(=O)(=O)N(C)c1ccc(C(=O)Nc2cccc(C(=O)c3ccc(C(C)(C)C)cc3)c2)cc1. The van der Waals surface area contributed by atoms with Crippen LogP contribution in [0.2, 0.25) is 0 Å². The molecule has 3 aromatic carbocycles. The smallest absolute Gasteiger partial charge is 0.303 e. The summed E-state index contributed by atoms with van der Waals surface area (Å²) in [6.07, 6.45) is 0. The van der Waals surface area contributed by atoms with Crippen molar-refractivity contribution in [2.24, 2.45) is 0 Å². The third kappa shape index (κ3) is 5.96. The molecule has 3 rings (SSSR count). The molecule has 0 bridgehead atoms. The molecule has 35 heavy (non-hydrogen) atoms. The summed E-state index contributed by atoms with van der Waals surface area (Å²) in [4.78, 5) is 25.7. The van der Waals surface area contributed by atoms with Gasteiger partial charge in [-0.05, 0) is 47.4 Å². The summed E-state index contributed by atoms with van der Waals surface area (Å²) in [6, 6.07) is 20.6. The first-order valence-electron chi connectivity index (χ1n) is 11.1. The molecule has 0 atom stereocenters. The van der Waals surface area contributed by atoms with Crippen molar-refractivity contribution in [3.05, 3.63) is 95.1 Å². The standard InChI is InChI=1S/C27H31N3O4S/c1-27(2,3)22-14-10-19(11-15-22)25(31)21-8-7-9-23(18-21)28-26(32)20-12-16-24(17-13-20)30(6)35(33,34)29(4)5/h7-18H,1-6H3,(H,28,32). The molecule has 1 N–H and O–H groups in total. The number of rotatable bonds is 7. The van der Waals surface area contributed by atoms with Crippen LogP contribution in [-0.4, -0.2) is 45.6 Å². The number of carbonyl (C=O) groups excluding carboxylic acids is 2. The number of benzene rings is 3. The minimum Gasteiger partial charge on any atom is -0.322 e. The van der Waals surface area contributed by atoms with Crippen LogP contribution in [0.4, 0.5) is 11.4 Å². The molecule has 0 spiro atoms. The van der Waals surface area contributed by atoms with Gasteiger partial charge in [0.2, 0.25) is 0 Å². The highest BCUT2D eigenvalue weighted by molar-refractivity contribution is 7.90. The summed E-state index contributed by atoms with van der Waals surface area (Å²) >= 11 is 0. The second-order valence-electron chi connectivity index (χ2n) is 9.50. The molecule has 0 aromatic heterocycles. The van der Waals surface area contributed by atoms with Crippen LogP contribution in [0.1, 0.15) is 52.6 Å². The van der Waals surface area contributed by atoms with Gasteiger partial charge in [-0.25, -0.2) is 0 Å². The van der Waals surface area contributed by atoms with Gasteiger partial charge in [-0.2, -0.15) is 12.7 Å². The number of anilines is 2. The van der Waals surface area contributed by atoms with Gasteiger partial charge in [-0.3, -0.25) is 13.9 Å². The number of hydrogen-bond acceptors (Lipinski definition) is 4. The Morgan fingerprint density at radius 2 is 1.34 bits per heavy atom. The summed E-state index contributed by atoms with van der Waals surface area (Å²) in [5.74, 6) is -0.496. The van der Waals surface area contributed by atoms with E-state index in [4.69, 9.17) is 0 Å². The first kappa shape index (κ1) is 26.1. The Balaban J connectivity index is 1.74. The lowest BCUT2D eigenvalue weighted by Crippen LogP contribution is -2.37. The third-order valence-corrected chi connectivity index (χ3v) is 7.52. The van der Waals surface area contributed by atoms with E-state index in [1.807, 2.05) is 24.3 Å². The van der Waals surface area contributed by atoms with Crippen LogP contribution in [0.15, 0.2) is 72.8 Å². The fourth-order valence-corrected chi connectivity index (χ4v) is 4.31. The maximum absolute atomic E-state index is 13.0. The van der Waals surface area contributed by atoms with Crippen LogP contribution in [-0.2, 0) is 15.6 Å². The van der Waals surface area contributed by atoms with E-state index < -0.39 is 10.2 Å². The first-order valence-corrected chi connectivity index (χ1v) is 12.5.